The molecule has 2 N–H and O–H groups in total. The summed E-state index contributed by atoms with van der Waals surface area (Å²) in [5.41, 5.74) is 8.36. The quantitative estimate of drug-likeness (QED) is 0.729. The maximum atomic E-state index is 11.0. The van der Waals surface area contributed by atoms with Gasteiger partial charge in [0.1, 0.15) is 0 Å². The number of carbonyl (C=O) groups is 1. The Hall–Kier alpha value is -1.92. The summed E-state index contributed by atoms with van der Waals surface area (Å²) in [5.74, 6) is 0.485. The van der Waals surface area contributed by atoms with Gasteiger partial charge in [-0.1, -0.05) is 36.0 Å². The number of pyridine rings is 1. The largest absolute Gasteiger partial charge is 0.369 e. The van der Waals surface area contributed by atoms with E-state index in [2.05, 4.69) is 28.2 Å². The second-order valence-corrected chi connectivity index (χ2v) is 7.22. The predicted molar refractivity (Wildman–Crippen MR) is 91.1 cm³/mol. The van der Waals surface area contributed by atoms with Gasteiger partial charge in [0.15, 0.2) is 4.34 Å². The highest BCUT2D eigenvalue weighted by molar-refractivity contribution is 8.00. The van der Waals surface area contributed by atoms with E-state index in [1.165, 1.54) is 5.56 Å². The first-order valence-corrected chi connectivity index (χ1v) is 8.63. The standard InChI is InChI=1S/C16H15N3OS2/c1-10-13(8-14(17)20)22-16(19-10)21-9-12-5-2-4-11-6-3-7-18-15(11)12/h2-7H,8-9H2,1H3,(H2,17,20). The SMILES string of the molecule is Cc1nc(SCc2cccc3cccnc23)sc1CC(N)=O. The van der Waals surface area contributed by atoms with Crippen molar-refractivity contribution >= 4 is 39.9 Å². The highest BCUT2D eigenvalue weighted by atomic mass is 32.2. The molecule has 112 valence electrons. The van der Waals surface area contributed by atoms with E-state index in [0.717, 1.165) is 31.6 Å². The lowest BCUT2D eigenvalue weighted by Crippen LogP contribution is -2.13. The van der Waals surface area contributed by atoms with Gasteiger partial charge in [0, 0.05) is 22.2 Å². The fourth-order valence-corrected chi connectivity index (χ4v) is 4.44. The molecule has 0 aliphatic heterocycles. The molecule has 2 heterocycles. The van der Waals surface area contributed by atoms with Crippen LogP contribution in [0.1, 0.15) is 16.1 Å². The fourth-order valence-electron chi connectivity index (χ4n) is 2.21. The minimum absolute atomic E-state index is 0.264. The lowest BCUT2D eigenvalue weighted by molar-refractivity contribution is -0.117. The van der Waals surface area contributed by atoms with Crippen LogP contribution in [0, 0.1) is 6.92 Å². The highest BCUT2D eigenvalue weighted by Crippen LogP contribution is 2.31. The van der Waals surface area contributed by atoms with E-state index in [1.807, 2.05) is 25.3 Å². The monoisotopic (exact) mass is 329 g/mol. The topological polar surface area (TPSA) is 68.9 Å². The number of nitrogens with zero attached hydrogens (tertiary/aromatic N) is 2. The molecule has 0 radical (unpaired) electrons. The number of thioether (sulfide) groups is 1. The molecule has 3 rings (SSSR count). The predicted octanol–water partition coefficient (Wildman–Crippen LogP) is 3.32. The van der Waals surface area contributed by atoms with Crippen molar-refractivity contribution in [2.24, 2.45) is 5.73 Å². The number of thiazole rings is 1. The Bertz CT molecular complexity index is 824. The third kappa shape index (κ3) is 3.28. The van der Waals surface area contributed by atoms with Crippen LogP contribution in [0.15, 0.2) is 40.9 Å². The van der Waals surface area contributed by atoms with Crippen molar-refractivity contribution in [3.63, 3.8) is 0 Å². The van der Waals surface area contributed by atoms with Crippen LogP contribution < -0.4 is 5.73 Å². The third-order valence-corrected chi connectivity index (χ3v) is 5.62. The first kappa shape index (κ1) is 15.0. The number of hydrogen-bond donors (Lipinski definition) is 1. The molecule has 1 amide bonds. The Kier molecular flexibility index (Phi) is 4.40. The van der Waals surface area contributed by atoms with Crippen LogP contribution >= 0.6 is 23.1 Å². The summed E-state index contributed by atoms with van der Waals surface area (Å²) in [4.78, 5) is 21.0. The molecule has 6 heteroatoms. The van der Waals surface area contributed by atoms with Crippen LogP contribution in [-0.4, -0.2) is 15.9 Å². The molecule has 0 bridgehead atoms. The number of amides is 1. The maximum absolute atomic E-state index is 11.0. The van der Waals surface area contributed by atoms with Crippen LogP contribution in [0.4, 0.5) is 0 Å². The molecule has 22 heavy (non-hydrogen) atoms. The number of benzene rings is 1. The van der Waals surface area contributed by atoms with Crippen molar-refractivity contribution < 1.29 is 4.79 Å². The van der Waals surface area contributed by atoms with Crippen LogP contribution in [-0.2, 0) is 17.0 Å². The van der Waals surface area contributed by atoms with E-state index in [0.29, 0.717) is 0 Å². The first-order valence-electron chi connectivity index (χ1n) is 6.83. The Morgan fingerprint density at radius 3 is 2.95 bits per heavy atom. The molecule has 0 saturated heterocycles. The van der Waals surface area contributed by atoms with E-state index in [4.69, 9.17) is 5.73 Å². The number of fused-ring (bicyclic) bond motifs is 1. The van der Waals surface area contributed by atoms with Crippen molar-refractivity contribution in [1.82, 2.24) is 9.97 Å². The molecule has 0 aliphatic carbocycles. The van der Waals surface area contributed by atoms with Gasteiger partial charge in [0.05, 0.1) is 17.6 Å². The Morgan fingerprint density at radius 1 is 1.32 bits per heavy atom. The Balaban J connectivity index is 1.78. The summed E-state index contributed by atoms with van der Waals surface area (Å²) >= 11 is 3.21. The molecular weight excluding hydrogens is 314 g/mol. The lowest BCUT2D eigenvalue weighted by atomic mass is 10.1. The second-order valence-electron chi connectivity index (χ2n) is 4.91. The van der Waals surface area contributed by atoms with Gasteiger partial charge in [0.2, 0.25) is 5.91 Å². The molecule has 4 nitrogen and oxygen atoms in total. The van der Waals surface area contributed by atoms with Crippen molar-refractivity contribution in [2.75, 3.05) is 0 Å². The zero-order valence-electron chi connectivity index (χ0n) is 12.1. The van der Waals surface area contributed by atoms with Gasteiger partial charge in [-0.3, -0.25) is 9.78 Å². The van der Waals surface area contributed by atoms with E-state index < -0.39 is 0 Å². The van der Waals surface area contributed by atoms with Crippen molar-refractivity contribution in [3.05, 3.63) is 52.7 Å². The van der Waals surface area contributed by atoms with E-state index in [-0.39, 0.29) is 12.3 Å². The Morgan fingerprint density at radius 2 is 2.14 bits per heavy atom. The van der Waals surface area contributed by atoms with E-state index >= 15 is 0 Å². The molecule has 0 spiro atoms. The number of rotatable bonds is 5. The zero-order chi connectivity index (χ0) is 15.5. The minimum Gasteiger partial charge on any atom is -0.369 e. The van der Waals surface area contributed by atoms with Crippen molar-refractivity contribution in [2.45, 2.75) is 23.4 Å². The summed E-state index contributed by atoms with van der Waals surface area (Å²) in [6, 6.07) is 10.2. The van der Waals surface area contributed by atoms with Crippen LogP contribution in [0.25, 0.3) is 10.9 Å². The van der Waals surface area contributed by atoms with Gasteiger partial charge in [-0.05, 0) is 18.6 Å². The van der Waals surface area contributed by atoms with Gasteiger partial charge in [-0.2, -0.15) is 0 Å². The number of aromatic nitrogens is 2. The van der Waals surface area contributed by atoms with Gasteiger partial charge in [0.25, 0.3) is 0 Å². The zero-order valence-corrected chi connectivity index (χ0v) is 13.7. The average molecular weight is 329 g/mol. The number of para-hydroxylation sites is 1. The normalized spacial score (nSPS) is 11.0. The number of primary amides is 1. The summed E-state index contributed by atoms with van der Waals surface area (Å²) in [6.45, 7) is 1.91. The van der Waals surface area contributed by atoms with Crippen LogP contribution in [0.2, 0.25) is 0 Å². The molecule has 3 aromatic rings. The highest BCUT2D eigenvalue weighted by Gasteiger charge is 2.11. The second kappa shape index (κ2) is 6.46. The molecule has 0 aliphatic rings. The summed E-state index contributed by atoms with van der Waals surface area (Å²) in [6.07, 6.45) is 2.08. The van der Waals surface area contributed by atoms with Gasteiger partial charge in [-0.25, -0.2) is 4.98 Å². The fraction of sp³-hybridized carbons (Fsp3) is 0.188. The van der Waals surface area contributed by atoms with Crippen LogP contribution in [0.3, 0.4) is 0 Å². The van der Waals surface area contributed by atoms with Crippen LogP contribution in [0.5, 0.6) is 0 Å². The minimum atomic E-state index is -0.318. The number of hydrogen-bond acceptors (Lipinski definition) is 5. The van der Waals surface area contributed by atoms with E-state index in [1.54, 1.807) is 23.1 Å². The molecule has 0 saturated carbocycles. The number of aryl methyl sites for hydroxylation is 1. The molecule has 0 atom stereocenters. The molecule has 0 fully saturated rings. The smallest absolute Gasteiger partial charge is 0.222 e. The van der Waals surface area contributed by atoms with Gasteiger partial charge < -0.3 is 5.73 Å². The summed E-state index contributed by atoms with van der Waals surface area (Å²) in [7, 11) is 0. The molecule has 0 unspecified atom stereocenters. The molecule has 2 aromatic heterocycles. The third-order valence-electron chi connectivity index (χ3n) is 3.28. The van der Waals surface area contributed by atoms with Gasteiger partial charge in [-0.15, -0.1) is 11.3 Å². The number of carbonyl (C=O) groups excluding carboxylic acids is 1. The van der Waals surface area contributed by atoms with Crippen molar-refractivity contribution in [3.8, 4) is 0 Å². The number of nitrogens with two attached hydrogens (primary N) is 1. The maximum Gasteiger partial charge on any atom is 0.222 e. The van der Waals surface area contributed by atoms with Crippen molar-refractivity contribution in [1.29, 1.82) is 0 Å². The summed E-state index contributed by atoms with van der Waals surface area (Å²) < 4.78 is 0.960. The average Bonchev–Trinajstić information content (AvgIpc) is 2.84. The first-order chi connectivity index (χ1) is 10.6. The van der Waals surface area contributed by atoms with Gasteiger partial charge >= 0.3 is 0 Å². The Labute approximate surface area is 136 Å². The molecule has 1 aromatic carbocycles. The van der Waals surface area contributed by atoms with E-state index in [9.17, 15) is 4.79 Å². The summed E-state index contributed by atoms with van der Waals surface area (Å²) in [5, 5.41) is 1.14. The molecular formula is C16H15N3OS2. The lowest BCUT2D eigenvalue weighted by Gasteiger charge is -2.03.